The van der Waals surface area contributed by atoms with Crippen LogP contribution in [0.4, 0.5) is 0 Å². The van der Waals surface area contributed by atoms with Gasteiger partial charge in [-0.25, -0.2) is 4.98 Å². The van der Waals surface area contributed by atoms with E-state index in [0.29, 0.717) is 32.3 Å². The molecule has 1 saturated heterocycles. The van der Waals surface area contributed by atoms with Crippen molar-refractivity contribution in [2.75, 3.05) is 6.61 Å². The number of esters is 1. The predicted octanol–water partition coefficient (Wildman–Crippen LogP) is 5.38. The van der Waals surface area contributed by atoms with Gasteiger partial charge in [0.05, 0.1) is 29.3 Å². The van der Waals surface area contributed by atoms with Crippen LogP contribution in [0.5, 0.6) is 0 Å². The molecule has 0 spiro atoms. The lowest BCUT2D eigenvalue weighted by molar-refractivity contribution is -0.235. The predicted molar refractivity (Wildman–Crippen MR) is 145 cm³/mol. The standard InChI is InChI=1S/C29H43NO6S/c1-19-7-6-8-20(2)29(33,34)25(14-13-24-17-35-24)27(32)28(4,5)16-15-26(31)36-23(11-9-19)12-10-22-18-37-21(3)30-22/h9-10,12,18,20,23-25,33-34H,6-8,11,13-17H2,1-5H3. The Morgan fingerprint density at radius 3 is 2.57 bits per heavy atom. The number of allylic oxidation sites excluding steroid dienone is 1. The van der Waals surface area contributed by atoms with E-state index in [2.05, 4.69) is 11.1 Å². The molecule has 0 bridgehead atoms. The first-order chi connectivity index (χ1) is 17.4. The summed E-state index contributed by atoms with van der Waals surface area (Å²) in [5, 5.41) is 25.4. The topological polar surface area (TPSA) is 109 Å². The van der Waals surface area contributed by atoms with Crippen LogP contribution < -0.4 is 0 Å². The number of rotatable bonds is 5. The van der Waals surface area contributed by atoms with Gasteiger partial charge in [0.1, 0.15) is 11.9 Å². The highest BCUT2D eigenvalue weighted by Gasteiger charge is 2.48. The lowest BCUT2D eigenvalue weighted by Gasteiger charge is -2.39. The zero-order valence-corrected chi connectivity index (χ0v) is 23.7. The van der Waals surface area contributed by atoms with Crippen LogP contribution in [0, 0.1) is 24.2 Å². The molecule has 0 amide bonds. The Labute approximate surface area is 225 Å². The van der Waals surface area contributed by atoms with E-state index in [1.54, 1.807) is 25.2 Å². The van der Waals surface area contributed by atoms with Gasteiger partial charge in [-0.15, -0.1) is 11.3 Å². The zero-order chi connectivity index (χ0) is 27.2. The molecule has 8 heteroatoms. The molecule has 4 unspecified atom stereocenters. The first-order valence-corrected chi connectivity index (χ1v) is 14.3. The highest BCUT2D eigenvalue weighted by atomic mass is 32.1. The van der Waals surface area contributed by atoms with Gasteiger partial charge in [-0.2, -0.15) is 0 Å². The Morgan fingerprint density at radius 1 is 1.19 bits per heavy atom. The number of cyclic esters (lactones) is 1. The smallest absolute Gasteiger partial charge is 0.306 e. The highest BCUT2D eigenvalue weighted by molar-refractivity contribution is 7.09. The second-order valence-corrected chi connectivity index (χ2v) is 12.4. The van der Waals surface area contributed by atoms with Gasteiger partial charge in [0.15, 0.2) is 5.79 Å². The monoisotopic (exact) mass is 533 g/mol. The van der Waals surface area contributed by atoms with E-state index in [4.69, 9.17) is 9.47 Å². The van der Waals surface area contributed by atoms with E-state index >= 15 is 0 Å². The lowest BCUT2D eigenvalue weighted by Crippen LogP contribution is -2.51. The molecule has 206 valence electrons. The van der Waals surface area contributed by atoms with Gasteiger partial charge < -0.3 is 19.7 Å². The van der Waals surface area contributed by atoms with Crippen molar-refractivity contribution in [1.29, 1.82) is 0 Å². The fourth-order valence-corrected chi connectivity index (χ4v) is 5.43. The maximum Gasteiger partial charge on any atom is 0.306 e. The zero-order valence-electron chi connectivity index (χ0n) is 22.9. The number of thiazole rings is 1. The summed E-state index contributed by atoms with van der Waals surface area (Å²) in [4.78, 5) is 31.0. The maximum atomic E-state index is 13.7. The van der Waals surface area contributed by atoms with Crippen molar-refractivity contribution >= 4 is 29.2 Å². The molecule has 2 N–H and O–H groups in total. The number of aliphatic hydroxyl groups is 2. The van der Waals surface area contributed by atoms with Gasteiger partial charge in [0, 0.05) is 29.6 Å². The van der Waals surface area contributed by atoms with Crippen LogP contribution in [-0.2, 0) is 19.1 Å². The summed E-state index contributed by atoms with van der Waals surface area (Å²) in [5.74, 6) is -4.14. The Kier molecular flexibility index (Phi) is 10.3. The van der Waals surface area contributed by atoms with Crippen LogP contribution in [0.1, 0.15) is 89.8 Å². The van der Waals surface area contributed by atoms with Crippen molar-refractivity contribution in [3.05, 3.63) is 33.8 Å². The number of Topliss-reactive ketones (excluding diaryl/α,β-unsaturated/α-hetero) is 1. The number of carbonyl (C=O) groups is 2. The maximum absolute atomic E-state index is 13.7. The first kappa shape index (κ1) is 29.7. The van der Waals surface area contributed by atoms with E-state index in [1.165, 1.54) is 0 Å². The van der Waals surface area contributed by atoms with E-state index in [0.717, 1.165) is 29.1 Å². The quantitative estimate of drug-likeness (QED) is 0.226. The minimum Gasteiger partial charge on any atom is -0.458 e. The van der Waals surface area contributed by atoms with E-state index < -0.39 is 29.1 Å². The molecule has 0 aliphatic carbocycles. The van der Waals surface area contributed by atoms with Gasteiger partial charge in [-0.1, -0.05) is 32.4 Å². The van der Waals surface area contributed by atoms with E-state index in [-0.39, 0.29) is 30.7 Å². The summed E-state index contributed by atoms with van der Waals surface area (Å²) in [7, 11) is 0. The van der Waals surface area contributed by atoms with Crippen molar-refractivity contribution in [2.45, 2.75) is 104 Å². The number of hydrogen-bond donors (Lipinski definition) is 2. The van der Waals surface area contributed by atoms with Crippen molar-refractivity contribution in [3.8, 4) is 0 Å². The molecule has 3 rings (SSSR count). The number of ether oxygens (including phenoxy) is 2. The molecule has 7 nitrogen and oxygen atoms in total. The normalized spacial score (nSPS) is 29.6. The lowest BCUT2D eigenvalue weighted by atomic mass is 9.70. The van der Waals surface area contributed by atoms with Crippen LogP contribution in [0.25, 0.3) is 6.08 Å². The van der Waals surface area contributed by atoms with Gasteiger partial charge in [-0.05, 0) is 64.5 Å². The summed E-state index contributed by atoms with van der Waals surface area (Å²) in [5.41, 5.74) is 1.08. The Balaban J connectivity index is 1.81. The average molecular weight is 534 g/mol. The molecule has 3 heterocycles. The molecule has 37 heavy (non-hydrogen) atoms. The van der Waals surface area contributed by atoms with Gasteiger partial charge >= 0.3 is 5.97 Å². The molecule has 4 atom stereocenters. The number of nitrogens with zero attached hydrogens (tertiary/aromatic N) is 1. The summed E-state index contributed by atoms with van der Waals surface area (Å²) >= 11 is 1.57. The molecular weight excluding hydrogens is 490 g/mol. The molecular formula is C29H43NO6S. The van der Waals surface area contributed by atoms with Crippen LogP contribution >= 0.6 is 11.3 Å². The first-order valence-electron chi connectivity index (χ1n) is 13.4. The van der Waals surface area contributed by atoms with Gasteiger partial charge in [-0.3, -0.25) is 9.59 Å². The number of carbonyl (C=O) groups excluding carboxylic acids is 2. The van der Waals surface area contributed by atoms with Crippen LogP contribution in [0.15, 0.2) is 23.1 Å². The van der Waals surface area contributed by atoms with Crippen molar-refractivity contribution in [2.24, 2.45) is 17.3 Å². The Hall–Kier alpha value is -1.87. The van der Waals surface area contributed by atoms with Gasteiger partial charge in [0.25, 0.3) is 0 Å². The van der Waals surface area contributed by atoms with E-state index in [9.17, 15) is 19.8 Å². The Morgan fingerprint density at radius 2 is 1.92 bits per heavy atom. The second kappa shape index (κ2) is 12.8. The molecule has 1 aromatic rings. The third-order valence-corrected chi connectivity index (χ3v) is 8.46. The summed E-state index contributed by atoms with van der Waals surface area (Å²) in [6.07, 6.45) is 9.48. The molecule has 0 aromatic carbocycles. The molecule has 2 aliphatic heterocycles. The average Bonchev–Trinajstić information content (AvgIpc) is 3.57. The summed E-state index contributed by atoms with van der Waals surface area (Å²) in [6.45, 7) is 10.0. The summed E-state index contributed by atoms with van der Waals surface area (Å²) in [6, 6.07) is 0. The number of ketones is 1. The highest BCUT2D eigenvalue weighted by Crippen LogP contribution is 2.39. The Bertz CT molecular complexity index is 990. The molecule has 1 aromatic heterocycles. The van der Waals surface area contributed by atoms with Gasteiger partial charge in [0.2, 0.25) is 0 Å². The molecule has 1 fully saturated rings. The minimum absolute atomic E-state index is 0.0689. The molecule has 0 radical (unpaired) electrons. The second-order valence-electron chi connectivity index (χ2n) is 11.4. The van der Waals surface area contributed by atoms with Crippen LogP contribution in [-0.4, -0.2) is 51.6 Å². The SMILES string of the molecule is CC1=CCC(C=Cc2csc(C)n2)OC(=O)CCC(C)(C)C(=O)C(CCC2CO2)C(O)(O)C(C)CCC1. The molecule has 2 aliphatic rings. The number of epoxide rings is 1. The van der Waals surface area contributed by atoms with Crippen molar-refractivity contribution in [3.63, 3.8) is 0 Å². The minimum atomic E-state index is -2.12. The fourth-order valence-electron chi connectivity index (χ4n) is 4.85. The van der Waals surface area contributed by atoms with E-state index in [1.807, 2.05) is 38.3 Å². The number of aryl methyl sites for hydroxylation is 1. The largest absolute Gasteiger partial charge is 0.458 e. The van der Waals surface area contributed by atoms with Crippen molar-refractivity contribution < 1.29 is 29.3 Å². The number of aromatic nitrogens is 1. The number of hydrogen-bond acceptors (Lipinski definition) is 8. The summed E-state index contributed by atoms with van der Waals surface area (Å²) < 4.78 is 11.1. The molecule has 0 saturated carbocycles. The third-order valence-electron chi connectivity index (χ3n) is 7.66. The van der Waals surface area contributed by atoms with Crippen molar-refractivity contribution in [1.82, 2.24) is 4.98 Å². The third kappa shape index (κ3) is 8.84. The van der Waals surface area contributed by atoms with Crippen LogP contribution in [0.2, 0.25) is 0 Å². The van der Waals surface area contributed by atoms with Crippen LogP contribution in [0.3, 0.4) is 0 Å². The fraction of sp³-hybridized carbons (Fsp3) is 0.690.